The Balaban J connectivity index is 2.01. The molecule has 1 atom stereocenters. The number of rotatable bonds is 5. The van der Waals surface area contributed by atoms with Crippen LogP contribution in [0.1, 0.15) is 29.2 Å². The van der Waals surface area contributed by atoms with Gasteiger partial charge in [0.2, 0.25) is 0 Å². The summed E-state index contributed by atoms with van der Waals surface area (Å²) in [7, 11) is 1.96. The van der Waals surface area contributed by atoms with Crippen molar-refractivity contribution in [3.8, 4) is 0 Å². The normalized spacial score (nSPS) is 12.7. The molecule has 0 amide bonds. The number of nitrogens with one attached hydrogen (secondary N) is 2. The van der Waals surface area contributed by atoms with Crippen LogP contribution in [0.4, 0.5) is 5.69 Å². The molecular formula is C16H18ClN3OS. The fourth-order valence-electron chi connectivity index (χ4n) is 2.43. The van der Waals surface area contributed by atoms with Crippen molar-refractivity contribution in [2.75, 3.05) is 12.4 Å². The molecule has 3 aromatic heterocycles. The predicted octanol–water partition coefficient (Wildman–Crippen LogP) is 4.74. The molecule has 3 aromatic rings. The summed E-state index contributed by atoms with van der Waals surface area (Å²) in [4.78, 5) is 5.79. The lowest BCUT2D eigenvalue weighted by atomic mass is 10.1. The van der Waals surface area contributed by atoms with Gasteiger partial charge in [0.25, 0.3) is 0 Å². The van der Waals surface area contributed by atoms with Gasteiger partial charge in [-0.15, -0.1) is 11.3 Å². The third-order valence-corrected chi connectivity index (χ3v) is 5.43. The van der Waals surface area contributed by atoms with Crippen molar-refractivity contribution in [3.05, 3.63) is 45.8 Å². The molecule has 3 rings (SSSR count). The lowest BCUT2D eigenvalue weighted by Crippen LogP contribution is -2.11. The fraction of sp³-hybridized carbons (Fsp3) is 0.312. The van der Waals surface area contributed by atoms with Crippen molar-refractivity contribution in [2.24, 2.45) is 0 Å². The highest BCUT2D eigenvalue weighted by Gasteiger charge is 2.17. The second-order valence-electron chi connectivity index (χ2n) is 5.20. The first-order valence-corrected chi connectivity index (χ1v) is 8.32. The van der Waals surface area contributed by atoms with Gasteiger partial charge in [-0.3, -0.25) is 0 Å². The van der Waals surface area contributed by atoms with Gasteiger partial charge in [0.05, 0.1) is 28.7 Å². The maximum Gasteiger partial charge on any atom is 0.131 e. The van der Waals surface area contributed by atoms with Crippen LogP contribution in [0.2, 0.25) is 5.15 Å². The van der Waals surface area contributed by atoms with Crippen LogP contribution in [0.5, 0.6) is 0 Å². The maximum absolute atomic E-state index is 6.19. The van der Waals surface area contributed by atoms with Crippen LogP contribution in [0.3, 0.4) is 0 Å². The number of aromatic nitrogens is 1. The number of halogens is 1. The molecule has 0 spiro atoms. The van der Waals surface area contributed by atoms with E-state index in [0.29, 0.717) is 11.7 Å². The zero-order chi connectivity index (χ0) is 15.7. The molecule has 6 heteroatoms. The fourth-order valence-corrected chi connectivity index (χ4v) is 3.93. The van der Waals surface area contributed by atoms with Crippen LogP contribution in [0.25, 0.3) is 10.2 Å². The summed E-state index contributed by atoms with van der Waals surface area (Å²) >= 11 is 7.95. The Labute approximate surface area is 138 Å². The minimum atomic E-state index is 0.288. The first-order chi connectivity index (χ1) is 10.6. The summed E-state index contributed by atoms with van der Waals surface area (Å²) < 4.78 is 6.49. The molecule has 0 radical (unpaired) electrons. The molecule has 22 heavy (non-hydrogen) atoms. The summed E-state index contributed by atoms with van der Waals surface area (Å²) in [5.41, 5.74) is 3.15. The zero-order valence-corrected chi connectivity index (χ0v) is 14.3. The zero-order valence-electron chi connectivity index (χ0n) is 12.7. The molecular weight excluding hydrogens is 318 g/mol. The van der Waals surface area contributed by atoms with Gasteiger partial charge in [0.15, 0.2) is 0 Å². The van der Waals surface area contributed by atoms with Gasteiger partial charge >= 0.3 is 0 Å². The van der Waals surface area contributed by atoms with Crippen molar-refractivity contribution < 1.29 is 4.42 Å². The van der Waals surface area contributed by atoms with E-state index in [1.54, 1.807) is 17.6 Å². The van der Waals surface area contributed by atoms with Gasteiger partial charge in [-0.2, -0.15) is 0 Å². The highest BCUT2D eigenvalue weighted by atomic mass is 35.5. The van der Waals surface area contributed by atoms with E-state index in [9.17, 15) is 0 Å². The Morgan fingerprint density at radius 3 is 2.95 bits per heavy atom. The number of hydrogen-bond donors (Lipinski definition) is 2. The van der Waals surface area contributed by atoms with Crippen molar-refractivity contribution >= 4 is 38.8 Å². The average molecular weight is 336 g/mol. The molecule has 3 heterocycles. The quantitative estimate of drug-likeness (QED) is 0.661. The minimum absolute atomic E-state index is 0.288. The number of thiophene rings is 1. The average Bonchev–Trinajstić information content (AvgIpc) is 3.13. The number of hydrogen-bond acceptors (Lipinski definition) is 5. The maximum atomic E-state index is 6.19. The van der Waals surface area contributed by atoms with Gasteiger partial charge in [-0.05, 0) is 38.6 Å². The van der Waals surface area contributed by atoms with Crippen LogP contribution in [-0.2, 0) is 6.54 Å². The number of pyridine rings is 1. The molecule has 2 N–H and O–H groups in total. The van der Waals surface area contributed by atoms with Crippen LogP contribution in [-0.4, -0.2) is 12.0 Å². The van der Waals surface area contributed by atoms with Crippen LogP contribution in [0.15, 0.2) is 28.9 Å². The lowest BCUT2D eigenvalue weighted by Gasteiger charge is -2.08. The number of furan rings is 1. The number of fused-ring (bicyclic) bond motifs is 1. The smallest absolute Gasteiger partial charge is 0.131 e. The predicted molar refractivity (Wildman–Crippen MR) is 92.9 cm³/mol. The Kier molecular flexibility index (Phi) is 4.38. The highest BCUT2D eigenvalue weighted by Crippen LogP contribution is 2.39. The molecule has 0 bridgehead atoms. The van der Waals surface area contributed by atoms with E-state index in [1.807, 2.05) is 25.2 Å². The van der Waals surface area contributed by atoms with E-state index in [-0.39, 0.29) is 6.04 Å². The molecule has 4 nitrogen and oxygen atoms in total. The van der Waals surface area contributed by atoms with Crippen molar-refractivity contribution in [3.63, 3.8) is 0 Å². The van der Waals surface area contributed by atoms with Gasteiger partial charge in [-0.25, -0.2) is 4.98 Å². The second-order valence-corrected chi connectivity index (χ2v) is 6.64. The van der Waals surface area contributed by atoms with Gasteiger partial charge < -0.3 is 15.1 Å². The molecule has 0 aromatic carbocycles. The SMILES string of the molecule is CN[C@@H](C)c1sc2c(NCc3ccco3)cc(Cl)nc2c1C. The molecule has 0 saturated carbocycles. The monoisotopic (exact) mass is 335 g/mol. The molecule has 0 aliphatic heterocycles. The number of anilines is 1. The van der Waals surface area contributed by atoms with Crippen molar-refractivity contribution in [1.29, 1.82) is 0 Å². The van der Waals surface area contributed by atoms with E-state index in [2.05, 4.69) is 29.5 Å². The molecule has 0 fully saturated rings. The minimum Gasteiger partial charge on any atom is -0.467 e. The molecule has 0 saturated heterocycles. The first-order valence-electron chi connectivity index (χ1n) is 7.13. The van der Waals surface area contributed by atoms with Gasteiger partial charge in [0.1, 0.15) is 10.9 Å². The lowest BCUT2D eigenvalue weighted by molar-refractivity contribution is 0.518. The summed E-state index contributed by atoms with van der Waals surface area (Å²) in [5.74, 6) is 0.887. The summed E-state index contributed by atoms with van der Waals surface area (Å²) in [6.45, 7) is 4.87. The highest BCUT2D eigenvalue weighted by molar-refractivity contribution is 7.20. The number of aryl methyl sites for hydroxylation is 1. The molecule has 0 aliphatic rings. The van der Waals surface area contributed by atoms with Crippen LogP contribution < -0.4 is 10.6 Å². The summed E-state index contributed by atoms with van der Waals surface area (Å²) in [5, 5.41) is 7.18. The summed E-state index contributed by atoms with van der Waals surface area (Å²) in [6, 6.07) is 5.99. The standard InChI is InChI=1S/C16H18ClN3OS/c1-9-14-16(22-15(9)10(2)18-3)12(7-13(17)20-14)19-8-11-5-4-6-21-11/h4-7,10,18H,8H2,1-3H3,(H,19,20)/t10-/m0/s1. The Bertz CT molecular complexity index is 782. The Morgan fingerprint density at radius 2 is 2.27 bits per heavy atom. The van der Waals surface area contributed by atoms with Gasteiger partial charge in [-0.1, -0.05) is 11.6 Å². The number of nitrogens with zero attached hydrogens (tertiary/aromatic N) is 1. The third kappa shape index (κ3) is 2.84. The molecule has 0 aliphatic carbocycles. The second kappa shape index (κ2) is 6.28. The van der Waals surface area contributed by atoms with E-state index in [4.69, 9.17) is 16.0 Å². The Morgan fingerprint density at radius 1 is 1.45 bits per heavy atom. The van der Waals surface area contributed by atoms with E-state index in [1.165, 1.54) is 10.4 Å². The van der Waals surface area contributed by atoms with Crippen molar-refractivity contribution in [1.82, 2.24) is 10.3 Å². The third-order valence-electron chi connectivity index (χ3n) is 3.74. The van der Waals surface area contributed by atoms with E-state index in [0.717, 1.165) is 21.7 Å². The van der Waals surface area contributed by atoms with E-state index >= 15 is 0 Å². The van der Waals surface area contributed by atoms with Crippen LogP contribution >= 0.6 is 22.9 Å². The van der Waals surface area contributed by atoms with Crippen molar-refractivity contribution in [2.45, 2.75) is 26.4 Å². The molecule has 0 unspecified atom stereocenters. The topological polar surface area (TPSA) is 50.1 Å². The van der Waals surface area contributed by atoms with E-state index < -0.39 is 0 Å². The largest absolute Gasteiger partial charge is 0.467 e. The summed E-state index contributed by atoms with van der Waals surface area (Å²) in [6.07, 6.45) is 1.67. The Hall–Kier alpha value is -1.56. The van der Waals surface area contributed by atoms with Crippen LogP contribution in [0, 0.1) is 6.92 Å². The first kappa shape index (κ1) is 15.3. The molecule has 116 valence electrons. The van der Waals surface area contributed by atoms with Gasteiger partial charge in [0, 0.05) is 17.0 Å².